The number of hydrogen-bond acceptors (Lipinski definition) is 7. The van der Waals surface area contributed by atoms with Crippen LogP contribution in [-0.2, 0) is 20.5 Å². The molecule has 6 N–H and O–H groups in total. The molecule has 0 aliphatic heterocycles. The van der Waals surface area contributed by atoms with Gasteiger partial charge < -0.3 is 25.7 Å². The average molecular weight is 361 g/mol. The molecular formula is C13H20N3O7P. The summed E-state index contributed by atoms with van der Waals surface area (Å²) in [5.41, 5.74) is 6.18. The zero-order valence-electron chi connectivity index (χ0n) is 13.0. The topological polar surface area (TPSA) is 176 Å². The van der Waals surface area contributed by atoms with E-state index in [1.165, 1.54) is 12.4 Å². The number of nitrogens with two attached hydrogens (primary N) is 1. The number of phosphoric acid groups is 1. The first-order chi connectivity index (χ1) is 11.1. The van der Waals surface area contributed by atoms with E-state index in [-0.39, 0.29) is 29.8 Å². The number of pyridine rings is 1. The number of carbonyl (C=O) groups is 1. The molecule has 0 aliphatic rings. The summed E-state index contributed by atoms with van der Waals surface area (Å²) in [6, 6.07) is -0.955. The van der Waals surface area contributed by atoms with Crippen LogP contribution in [-0.4, -0.2) is 49.8 Å². The summed E-state index contributed by atoms with van der Waals surface area (Å²) >= 11 is 0. The van der Waals surface area contributed by atoms with Gasteiger partial charge >= 0.3 is 13.8 Å². The molecule has 0 fully saturated rings. The first-order valence-corrected chi connectivity index (χ1v) is 8.50. The number of aromatic nitrogens is 1. The minimum Gasteiger partial charge on any atom is -0.505 e. The quantitative estimate of drug-likeness (QED) is 0.235. The van der Waals surface area contributed by atoms with E-state index in [4.69, 9.17) is 20.6 Å². The highest BCUT2D eigenvalue weighted by molar-refractivity contribution is 7.46. The second kappa shape index (κ2) is 8.86. The molecule has 1 atom stereocenters. The molecule has 0 saturated carbocycles. The van der Waals surface area contributed by atoms with Gasteiger partial charge in [0.05, 0.1) is 12.3 Å². The van der Waals surface area contributed by atoms with Crippen molar-refractivity contribution < 1.29 is 33.9 Å². The maximum atomic E-state index is 10.8. The third kappa shape index (κ3) is 6.73. The average Bonchev–Trinajstić information content (AvgIpc) is 2.48. The van der Waals surface area contributed by atoms with Gasteiger partial charge in [-0.1, -0.05) is 0 Å². The predicted octanol–water partition coefficient (Wildman–Crippen LogP) is 0.316. The van der Waals surface area contributed by atoms with E-state index < -0.39 is 26.4 Å². The Labute approximate surface area is 138 Å². The lowest BCUT2D eigenvalue weighted by atomic mass is 10.1. The standard InChI is InChI=1S/C13H20N3O7P/c1-8-12(17)10(6-15-4-2-3-11(14)13(18)19)9(5-16-8)7-23-24(20,21)22/h5-6,11,17H,2-4,7,14H2,1H3,(H,18,19)(H2,20,21,22)/t11-/m0/s1. The van der Waals surface area contributed by atoms with Crippen molar-refractivity contribution in [3.05, 3.63) is 23.0 Å². The highest BCUT2D eigenvalue weighted by Gasteiger charge is 2.17. The fourth-order valence-corrected chi connectivity index (χ4v) is 2.05. The van der Waals surface area contributed by atoms with Gasteiger partial charge in [0.1, 0.15) is 11.8 Å². The van der Waals surface area contributed by atoms with Crippen molar-refractivity contribution in [2.75, 3.05) is 6.54 Å². The molecule has 134 valence electrons. The van der Waals surface area contributed by atoms with Gasteiger partial charge in [0.25, 0.3) is 0 Å². The van der Waals surface area contributed by atoms with Crippen molar-refractivity contribution in [1.82, 2.24) is 4.98 Å². The summed E-state index contributed by atoms with van der Waals surface area (Å²) in [5, 5.41) is 18.7. The van der Waals surface area contributed by atoms with Gasteiger partial charge in [0.15, 0.2) is 0 Å². The number of phosphoric ester groups is 1. The first-order valence-electron chi connectivity index (χ1n) is 6.97. The van der Waals surface area contributed by atoms with Crippen LogP contribution < -0.4 is 5.73 Å². The zero-order valence-corrected chi connectivity index (χ0v) is 13.9. The number of hydrogen-bond donors (Lipinski definition) is 5. The van der Waals surface area contributed by atoms with Gasteiger partial charge in [-0.3, -0.25) is 19.3 Å². The first kappa shape index (κ1) is 20.2. The van der Waals surface area contributed by atoms with Crippen LogP contribution in [0.4, 0.5) is 0 Å². The van der Waals surface area contributed by atoms with Crippen molar-refractivity contribution in [1.29, 1.82) is 0 Å². The summed E-state index contributed by atoms with van der Waals surface area (Å²) in [7, 11) is -4.66. The van der Waals surface area contributed by atoms with Gasteiger partial charge in [-0.15, -0.1) is 0 Å². The van der Waals surface area contributed by atoms with Crippen molar-refractivity contribution in [2.45, 2.75) is 32.4 Å². The van der Waals surface area contributed by atoms with E-state index in [0.29, 0.717) is 12.1 Å². The summed E-state index contributed by atoms with van der Waals surface area (Å²) in [5.74, 6) is -1.26. The number of rotatable bonds is 9. The number of carboxylic acids is 1. The Kier molecular flexibility index (Phi) is 7.46. The molecule has 11 heteroatoms. The molecule has 0 radical (unpaired) electrons. The Morgan fingerprint density at radius 3 is 2.79 bits per heavy atom. The minimum atomic E-state index is -4.66. The Bertz CT molecular complexity index is 659. The van der Waals surface area contributed by atoms with E-state index in [2.05, 4.69) is 14.5 Å². The van der Waals surface area contributed by atoms with E-state index in [1.807, 2.05) is 0 Å². The molecule has 0 aliphatic carbocycles. The van der Waals surface area contributed by atoms with Gasteiger partial charge in [-0.05, 0) is 19.8 Å². The van der Waals surface area contributed by atoms with E-state index in [0.717, 1.165) is 0 Å². The highest BCUT2D eigenvalue weighted by atomic mass is 31.2. The summed E-state index contributed by atoms with van der Waals surface area (Å²) < 4.78 is 15.2. The molecule has 0 bridgehead atoms. The van der Waals surface area contributed by atoms with Crippen LogP contribution in [0, 0.1) is 6.92 Å². The maximum absolute atomic E-state index is 10.8. The minimum absolute atomic E-state index is 0.173. The molecule has 0 amide bonds. The third-order valence-corrected chi connectivity index (χ3v) is 3.55. The van der Waals surface area contributed by atoms with Crippen molar-refractivity contribution in [3.8, 4) is 5.75 Å². The number of aromatic hydroxyl groups is 1. The van der Waals surface area contributed by atoms with Crippen LogP contribution in [0.15, 0.2) is 11.2 Å². The van der Waals surface area contributed by atoms with Crippen molar-refractivity contribution in [3.63, 3.8) is 0 Å². The van der Waals surface area contributed by atoms with Crippen LogP contribution >= 0.6 is 7.82 Å². The Morgan fingerprint density at radius 2 is 2.21 bits per heavy atom. The predicted molar refractivity (Wildman–Crippen MR) is 84.8 cm³/mol. The molecule has 1 heterocycles. The fraction of sp³-hybridized carbons (Fsp3) is 0.462. The molecule has 10 nitrogen and oxygen atoms in total. The van der Waals surface area contributed by atoms with Gasteiger partial charge in [-0.2, -0.15) is 0 Å². The van der Waals surface area contributed by atoms with Crippen LogP contribution in [0.5, 0.6) is 5.75 Å². The lowest BCUT2D eigenvalue weighted by Gasteiger charge is -2.10. The third-order valence-electron chi connectivity index (χ3n) is 3.09. The smallest absolute Gasteiger partial charge is 0.469 e. The summed E-state index contributed by atoms with van der Waals surface area (Å²) in [4.78, 5) is 36.1. The molecule has 1 aromatic rings. The summed E-state index contributed by atoms with van der Waals surface area (Å²) in [6.45, 7) is 1.39. The van der Waals surface area contributed by atoms with Gasteiger partial charge in [-0.25, -0.2) is 4.57 Å². The summed E-state index contributed by atoms with van der Waals surface area (Å²) in [6.07, 6.45) is 3.34. The Morgan fingerprint density at radius 1 is 1.54 bits per heavy atom. The molecule has 0 spiro atoms. The fourth-order valence-electron chi connectivity index (χ4n) is 1.75. The number of carboxylic acid groups (broad SMARTS) is 1. The zero-order chi connectivity index (χ0) is 18.3. The number of aliphatic carboxylic acids is 1. The molecule has 0 saturated heterocycles. The SMILES string of the molecule is Cc1ncc(COP(=O)(O)O)c(C=NCCC[C@H](N)C(=O)O)c1O. The number of aliphatic imine (C=N–C) groups is 1. The second-order valence-corrected chi connectivity index (χ2v) is 6.26. The van der Waals surface area contributed by atoms with Crippen molar-refractivity contribution in [2.24, 2.45) is 10.7 Å². The van der Waals surface area contributed by atoms with E-state index >= 15 is 0 Å². The van der Waals surface area contributed by atoms with E-state index in [9.17, 15) is 14.5 Å². The monoisotopic (exact) mass is 361 g/mol. The van der Waals surface area contributed by atoms with Crippen LogP contribution in [0.25, 0.3) is 0 Å². The Hall–Kier alpha value is -1.84. The van der Waals surface area contributed by atoms with Crippen LogP contribution in [0.1, 0.15) is 29.7 Å². The molecule has 1 rings (SSSR count). The Balaban J connectivity index is 2.77. The molecular weight excluding hydrogens is 341 g/mol. The second-order valence-electron chi connectivity index (χ2n) is 5.02. The molecule has 0 unspecified atom stereocenters. The van der Waals surface area contributed by atoms with E-state index in [1.54, 1.807) is 6.92 Å². The molecule has 0 aromatic carbocycles. The largest absolute Gasteiger partial charge is 0.505 e. The number of nitrogens with zero attached hydrogens (tertiary/aromatic N) is 2. The lowest BCUT2D eigenvalue weighted by molar-refractivity contribution is -0.138. The normalized spacial score (nSPS) is 13.3. The van der Waals surface area contributed by atoms with Crippen molar-refractivity contribution >= 4 is 20.0 Å². The highest BCUT2D eigenvalue weighted by Crippen LogP contribution is 2.37. The van der Waals surface area contributed by atoms with Gasteiger partial charge in [0.2, 0.25) is 0 Å². The van der Waals surface area contributed by atoms with Crippen LogP contribution in [0.3, 0.4) is 0 Å². The number of aryl methyl sites for hydroxylation is 1. The maximum Gasteiger partial charge on any atom is 0.469 e. The molecule has 1 aromatic heterocycles. The lowest BCUT2D eigenvalue weighted by Crippen LogP contribution is -2.29. The van der Waals surface area contributed by atoms with Gasteiger partial charge in [0, 0.05) is 30.1 Å². The molecule has 24 heavy (non-hydrogen) atoms. The van der Waals surface area contributed by atoms with Crippen LogP contribution in [0.2, 0.25) is 0 Å².